The second-order valence-electron chi connectivity index (χ2n) is 12.9. The number of para-hydroxylation sites is 2. The van der Waals surface area contributed by atoms with Gasteiger partial charge in [-0.1, -0.05) is 98.8 Å². The molecular formula is C43H31N3O. The first-order valence-electron chi connectivity index (χ1n) is 16.0. The molecule has 0 saturated carbocycles. The Labute approximate surface area is 272 Å². The summed E-state index contributed by atoms with van der Waals surface area (Å²) in [6, 6.07) is 52.7. The summed E-state index contributed by atoms with van der Waals surface area (Å²) in [6.45, 7) is 4.64. The van der Waals surface area contributed by atoms with Crippen LogP contribution in [-0.2, 0) is 5.41 Å². The number of hydrogen-bond donors (Lipinski definition) is 0. The third kappa shape index (κ3) is 4.22. The molecule has 0 fully saturated rings. The van der Waals surface area contributed by atoms with Crippen molar-refractivity contribution in [2.45, 2.75) is 19.3 Å². The summed E-state index contributed by atoms with van der Waals surface area (Å²) in [5.74, 6) is 0. The summed E-state index contributed by atoms with van der Waals surface area (Å²) in [6.07, 6.45) is 0. The van der Waals surface area contributed by atoms with Gasteiger partial charge in [-0.3, -0.25) is 9.20 Å². The van der Waals surface area contributed by atoms with Crippen molar-refractivity contribution in [1.29, 1.82) is 0 Å². The fraction of sp³-hybridized carbons (Fsp3) is 0.0698. The molecule has 0 aliphatic heterocycles. The van der Waals surface area contributed by atoms with Gasteiger partial charge in [-0.2, -0.15) is 0 Å². The Morgan fingerprint density at radius 3 is 2.09 bits per heavy atom. The molecule has 2 aromatic heterocycles. The van der Waals surface area contributed by atoms with Crippen LogP contribution in [-0.4, -0.2) is 9.38 Å². The van der Waals surface area contributed by atoms with E-state index in [1.165, 1.54) is 22.3 Å². The third-order valence-electron chi connectivity index (χ3n) is 9.78. The first-order chi connectivity index (χ1) is 23.0. The number of hydrogen-bond acceptors (Lipinski definition) is 3. The number of nitrogens with zero attached hydrogens (tertiary/aromatic N) is 3. The summed E-state index contributed by atoms with van der Waals surface area (Å²) in [5.41, 5.74) is 12.8. The van der Waals surface area contributed by atoms with E-state index in [1.807, 2.05) is 36.4 Å². The average molecular weight is 606 g/mol. The van der Waals surface area contributed by atoms with Crippen LogP contribution in [0.3, 0.4) is 0 Å². The summed E-state index contributed by atoms with van der Waals surface area (Å²) >= 11 is 0. The SMILES string of the molecule is CC1(C)c2ccccc2-c2ccc(N(c3ccccc3)c3ccc(-c4ccc5ccc6nc7ccccc7c(=O)n6c5c4)cc3)cc21. The highest BCUT2D eigenvalue weighted by atomic mass is 16.1. The summed E-state index contributed by atoms with van der Waals surface area (Å²) in [4.78, 5) is 20.7. The highest BCUT2D eigenvalue weighted by molar-refractivity contribution is 5.90. The zero-order valence-corrected chi connectivity index (χ0v) is 26.2. The van der Waals surface area contributed by atoms with Gasteiger partial charge in [0.2, 0.25) is 0 Å². The molecule has 47 heavy (non-hydrogen) atoms. The number of anilines is 3. The quantitative estimate of drug-likeness (QED) is 0.148. The highest BCUT2D eigenvalue weighted by Crippen LogP contribution is 2.50. The molecule has 9 rings (SSSR count). The van der Waals surface area contributed by atoms with Crippen molar-refractivity contribution < 1.29 is 0 Å². The fourth-order valence-corrected chi connectivity index (χ4v) is 7.38. The molecule has 0 spiro atoms. The number of pyridine rings is 1. The van der Waals surface area contributed by atoms with E-state index in [0.29, 0.717) is 16.6 Å². The topological polar surface area (TPSA) is 37.6 Å². The molecule has 0 radical (unpaired) electrons. The van der Waals surface area contributed by atoms with Crippen LogP contribution >= 0.6 is 0 Å². The molecule has 224 valence electrons. The minimum atomic E-state index is -0.0851. The van der Waals surface area contributed by atoms with Gasteiger partial charge in [0.15, 0.2) is 0 Å². The van der Waals surface area contributed by atoms with Crippen molar-refractivity contribution in [2.24, 2.45) is 0 Å². The van der Waals surface area contributed by atoms with Gasteiger partial charge in [-0.15, -0.1) is 0 Å². The first kappa shape index (κ1) is 27.3. The van der Waals surface area contributed by atoms with Crippen LogP contribution in [0, 0.1) is 0 Å². The largest absolute Gasteiger partial charge is 0.310 e. The van der Waals surface area contributed by atoms with Gasteiger partial charge in [0.05, 0.1) is 16.4 Å². The molecule has 0 bridgehead atoms. The molecule has 2 heterocycles. The number of benzene rings is 6. The minimum Gasteiger partial charge on any atom is -0.310 e. The standard InChI is InChI=1S/C43H31N3O/c1-43(2)37-14-8-6-12-34(37)35-24-23-33(27-38(35)43)45(31-10-4-3-5-11-31)32-21-18-28(19-22-32)30-17-16-29-20-25-41-44-39-15-9-7-13-36(39)42(47)46(41)40(29)26-30/h3-27H,1-2H3. The van der Waals surface area contributed by atoms with E-state index < -0.39 is 0 Å². The van der Waals surface area contributed by atoms with E-state index in [-0.39, 0.29) is 11.0 Å². The lowest BCUT2D eigenvalue weighted by Gasteiger charge is -2.28. The van der Waals surface area contributed by atoms with Gasteiger partial charge < -0.3 is 4.90 Å². The van der Waals surface area contributed by atoms with Gasteiger partial charge in [0.25, 0.3) is 5.56 Å². The van der Waals surface area contributed by atoms with E-state index in [9.17, 15) is 4.79 Å². The second-order valence-corrected chi connectivity index (χ2v) is 12.9. The van der Waals surface area contributed by atoms with Crippen molar-refractivity contribution >= 4 is 44.5 Å². The Hall–Kier alpha value is -6.00. The molecule has 4 nitrogen and oxygen atoms in total. The van der Waals surface area contributed by atoms with Crippen molar-refractivity contribution in [2.75, 3.05) is 4.90 Å². The molecule has 0 saturated heterocycles. The predicted molar refractivity (Wildman–Crippen MR) is 194 cm³/mol. The van der Waals surface area contributed by atoms with Gasteiger partial charge in [-0.05, 0) is 105 Å². The Morgan fingerprint density at radius 1 is 0.574 bits per heavy atom. The van der Waals surface area contributed by atoms with Gasteiger partial charge in [0.1, 0.15) is 5.65 Å². The van der Waals surface area contributed by atoms with Crippen LogP contribution in [0.2, 0.25) is 0 Å². The molecule has 1 aliphatic rings. The molecule has 0 N–H and O–H groups in total. The Morgan fingerprint density at radius 2 is 1.23 bits per heavy atom. The first-order valence-corrected chi connectivity index (χ1v) is 16.0. The average Bonchev–Trinajstić information content (AvgIpc) is 3.34. The lowest BCUT2D eigenvalue weighted by molar-refractivity contribution is 0.660. The van der Waals surface area contributed by atoms with Crippen LogP contribution in [0.4, 0.5) is 17.1 Å². The normalized spacial score (nSPS) is 13.1. The fourth-order valence-electron chi connectivity index (χ4n) is 7.38. The smallest absolute Gasteiger partial charge is 0.266 e. The van der Waals surface area contributed by atoms with Gasteiger partial charge >= 0.3 is 0 Å². The lowest BCUT2D eigenvalue weighted by atomic mass is 9.82. The zero-order valence-electron chi connectivity index (χ0n) is 26.2. The summed E-state index contributed by atoms with van der Waals surface area (Å²) < 4.78 is 1.74. The van der Waals surface area contributed by atoms with E-state index in [0.717, 1.165) is 39.1 Å². The zero-order chi connectivity index (χ0) is 31.7. The molecule has 8 aromatic rings. The van der Waals surface area contributed by atoms with Crippen LogP contribution in [0.5, 0.6) is 0 Å². The summed E-state index contributed by atoms with van der Waals surface area (Å²) in [7, 11) is 0. The molecule has 0 atom stereocenters. The lowest BCUT2D eigenvalue weighted by Crippen LogP contribution is -2.16. The Kier molecular flexibility index (Phi) is 5.97. The van der Waals surface area contributed by atoms with Crippen LogP contribution in [0.1, 0.15) is 25.0 Å². The maximum atomic E-state index is 13.6. The maximum absolute atomic E-state index is 13.6. The number of fused-ring (bicyclic) bond motifs is 7. The number of rotatable bonds is 4. The van der Waals surface area contributed by atoms with E-state index in [1.54, 1.807) is 4.40 Å². The van der Waals surface area contributed by atoms with Crippen molar-refractivity contribution in [1.82, 2.24) is 9.38 Å². The van der Waals surface area contributed by atoms with E-state index >= 15 is 0 Å². The Bertz CT molecular complexity index is 2570. The molecule has 0 amide bonds. The molecule has 1 aliphatic carbocycles. The molecule has 0 unspecified atom stereocenters. The van der Waals surface area contributed by atoms with Crippen LogP contribution in [0.15, 0.2) is 156 Å². The second kappa shape index (κ2) is 10.3. The van der Waals surface area contributed by atoms with Gasteiger partial charge in [0, 0.05) is 22.5 Å². The van der Waals surface area contributed by atoms with Crippen molar-refractivity contribution in [3.05, 3.63) is 173 Å². The number of aromatic nitrogens is 2. The molecule has 6 aromatic carbocycles. The molecule has 4 heteroatoms. The van der Waals surface area contributed by atoms with Crippen molar-refractivity contribution in [3.8, 4) is 22.3 Å². The maximum Gasteiger partial charge on any atom is 0.266 e. The highest BCUT2D eigenvalue weighted by Gasteiger charge is 2.35. The molecular weight excluding hydrogens is 574 g/mol. The predicted octanol–water partition coefficient (Wildman–Crippen LogP) is 10.4. The van der Waals surface area contributed by atoms with Crippen molar-refractivity contribution in [3.63, 3.8) is 0 Å². The third-order valence-corrected chi connectivity index (χ3v) is 9.78. The minimum absolute atomic E-state index is 0.0529. The van der Waals surface area contributed by atoms with E-state index in [4.69, 9.17) is 4.98 Å². The van der Waals surface area contributed by atoms with Crippen LogP contribution in [0.25, 0.3) is 49.7 Å². The van der Waals surface area contributed by atoms with Gasteiger partial charge in [-0.25, -0.2) is 4.98 Å². The Balaban J connectivity index is 1.15. The van der Waals surface area contributed by atoms with Crippen LogP contribution < -0.4 is 10.5 Å². The van der Waals surface area contributed by atoms with E-state index in [2.05, 4.69) is 134 Å². The summed E-state index contributed by atoms with van der Waals surface area (Å²) in [5, 5.41) is 1.61. The monoisotopic (exact) mass is 605 g/mol.